The summed E-state index contributed by atoms with van der Waals surface area (Å²) in [5.74, 6) is -0.190. The third kappa shape index (κ3) is 6.73. The number of rotatable bonds is 6. The van der Waals surface area contributed by atoms with Crippen LogP contribution in [0.25, 0.3) is 22.0 Å². The second kappa shape index (κ2) is 10.1. The second-order valence-electron chi connectivity index (χ2n) is 8.75. The van der Waals surface area contributed by atoms with E-state index in [1.165, 1.54) is 6.07 Å². The maximum atomic E-state index is 13.2. The van der Waals surface area contributed by atoms with Crippen LogP contribution in [0.4, 0.5) is 23.7 Å². The van der Waals surface area contributed by atoms with E-state index in [0.29, 0.717) is 22.0 Å². The van der Waals surface area contributed by atoms with Gasteiger partial charge in [0.25, 0.3) is 0 Å². The summed E-state index contributed by atoms with van der Waals surface area (Å²) in [6, 6.07) is 15.5. The van der Waals surface area contributed by atoms with Crippen molar-refractivity contribution in [1.82, 2.24) is 4.98 Å². The van der Waals surface area contributed by atoms with Crippen molar-refractivity contribution in [2.75, 3.05) is 18.1 Å². The smallest absolute Gasteiger partial charge is 0.422 e. The Bertz CT molecular complexity index is 1280. The molecule has 0 saturated heterocycles. The van der Waals surface area contributed by atoms with Crippen LogP contribution >= 0.6 is 0 Å². The van der Waals surface area contributed by atoms with Crippen molar-refractivity contribution in [3.8, 4) is 23.1 Å². The number of carbonyl (C=O) groups excluding carboxylic acids is 1. The van der Waals surface area contributed by atoms with Crippen LogP contribution in [-0.2, 0) is 4.74 Å². The Balaban J connectivity index is 2.27. The summed E-state index contributed by atoms with van der Waals surface area (Å²) in [6.07, 6.45) is -3.84. The molecule has 0 aliphatic carbocycles. The number of anilines is 1. The molecule has 0 N–H and O–H groups in total. The second-order valence-corrected chi connectivity index (χ2v) is 8.75. The van der Waals surface area contributed by atoms with E-state index in [0.717, 1.165) is 4.90 Å². The summed E-state index contributed by atoms with van der Waals surface area (Å²) < 4.78 is 49.7. The molecule has 0 unspecified atom stereocenters. The lowest BCUT2D eigenvalue weighted by molar-refractivity contribution is -0.153. The first-order chi connectivity index (χ1) is 16.4. The van der Waals surface area contributed by atoms with Crippen molar-refractivity contribution in [2.24, 2.45) is 0 Å². The average molecular weight is 483 g/mol. The number of ether oxygens (including phenoxy) is 2. The van der Waals surface area contributed by atoms with Gasteiger partial charge in [-0.05, 0) is 50.4 Å². The maximum absolute atomic E-state index is 13.2. The molecule has 6 nitrogen and oxygen atoms in total. The number of alkyl halides is 3. The molecular formula is C26H24F3N3O3. The highest BCUT2D eigenvalue weighted by Crippen LogP contribution is 2.40. The van der Waals surface area contributed by atoms with Crippen LogP contribution in [0.5, 0.6) is 5.75 Å². The Kier molecular flexibility index (Phi) is 7.34. The van der Waals surface area contributed by atoms with Crippen molar-refractivity contribution in [2.45, 2.75) is 32.5 Å². The quantitative estimate of drug-likeness (QED) is 0.366. The van der Waals surface area contributed by atoms with Gasteiger partial charge in [-0.25, -0.2) is 4.79 Å². The Hall–Kier alpha value is -4.06. The fourth-order valence-corrected chi connectivity index (χ4v) is 3.31. The molecule has 0 fully saturated rings. The molecule has 3 rings (SSSR count). The lowest BCUT2D eigenvalue weighted by Gasteiger charge is -2.29. The van der Waals surface area contributed by atoms with Gasteiger partial charge in [0, 0.05) is 22.7 Å². The molecule has 2 aromatic carbocycles. The van der Waals surface area contributed by atoms with Crippen LogP contribution in [0.2, 0.25) is 0 Å². The lowest BCUT2D eigenvalue weighted by Crippen LogP contribution is -2.38. The van der Waals surface area contributed by atoms with E-state index in [4.69, 9.17) is 9.47 Å². The molecule has 1 amide bonds. The minimum atomic E-state index is -4.60. The Morgan fingerprint density at radius 2 is 1.86 bits per heavy atom. The lowest BCUT2D eigenvalue weighted by atomic mass is 10.0. The summed E-state index contributed by atoms with van der Waals surface area (Å²) in [6.45, 7) is 6.74. The van der Waals surface area contributed by atoms with Gasteiger partial charge in [-0.2, -0.15) is 18.4 Å². The molecular weight excluding hydrogens is 459 g/mol. The number of aromatic nitrogens is 1. The van der Waals surface area contributed by atoms with Crippen molar-refractivity contribution >= 4 is 22.6 Å². The summed E-state index contributed by atoms with van der Waals surface area (Å²) in [5, 5.41) is 10.4. The van der Waals surface area contributed by atoms with Crippen LogP contribution in [-0.4, -0.2) is 36.0 Å². The van der Waals surface area contributed by atoms with E-state index in [1.54, 1.807) is 63.4 Å². The third-order valence-electron chi connectivity index (χ3n) is 4.70. The van der Waals surface area contributed by atoms with Crippen LogP contribution in [0.3, 0.4) is 0 Å². The van der Waals surface area contributed by atoms with Crippen LogP contribution in [0, 0.1) is 11.3 Å². The molecule has 3 aromatic rings. The summed E-state index contributed by atoms with van der Waals surface area (Å²) in [5.41, 5.74) is 0.452. The first-order valence-electron chi connectivity index (χ1n) is 10.6. The highest BCUT2D eigenvalue weighted by Gasteiger charge is 2.32. The fourth-order valence-electron chi connectivity index (χ4n) is 3.31. The molecule has 9 heteroatoms. The topological polar surface area (TPSA) is 75.5 Å². The fraction of sp³-hybridized carbons (Fsp3) is 0.269. The molecule has 1 heterocycles. The van der Waals surface area contributed by atoms with Gasteiger partial charge in [0.1, 0.15) is 11.4 Å². The Morgan fingerprint density at radius 1 is 1.14 bits per heavy atom. The molecule has 35 heavy (non-hydrogen) atoms. The molecule has 0 saturated carbocycles. The van der Waals surface area contributed by atoms with Gasteiger partial charge in [-0.1, -0.05) is 30.8 Å². The largest absolute Gasteiger partial charge is 0.482 e. The van der Waals surface area contributed by atoms with Crippen LogP contribution in [0.1, 0.15) is 20.8 Å². The predicted octanol–water partition coefficient (Wildman–Crippen LogP) is 6.66. The number of nitrogens with zero attached hydrogens (tertiary/aromatic N) is 3. The highest BCUT2D eigenvalue weighted by molar-refractivity contribution is 6.06. The van der Waals surface area contributed by atoms with E-state index in [-0.39, 0.29) is 23.6 Å². The Morgan fingerprint density at radius 3 is 2.46 bits per heavy atom. The van der Waals surface area contributed by atoms with Crippen molar-refractivity contribution in [1.29, 1.82) is 5.26 Å². The van der Waals surface area contributed by atoms with Gasteiger partial charge in [-0.15, -0.1) is 0 Å². The molecule has 0 atom stereocenters. The van der Waals surface area contributed by atoms with Gasteiger partial charge in [0.15, 0.2) is 6.61 Å². The number of hydrogen-bond donors (Lipinski definition) is 0. The predicted molar refractivity (Wildman–Crippen MR) is 127 cm³/mol. The highest BCUT2D eigenvalue weighted by atomic mass is 19.4. The Labute approximate surface area is 201 Å². The molecule has 0 aliphatic rings. The SMILES string of the molecule is C=C(C#N)CN(C(=O)OC(C)(C)C)c1c(OCC(F)(F)F)ccc2ccc(-c3ccccn3)cc12. The van der Waals surface area contributed by atoms with Crippen LogP contribution in [0.15, 0.2) is 66.9 Å². The van der Waals surface area contributed by atoms with Gasteiger partial charge in [-0.3, -0.25) is 9.88 Å². The maximum Gasteiger partial charge on any atom is 0.422 e. The number of hydrogen-bond acceptors (Lipinski definition) is 5. The number of fused-ring (bicyclic) bond motifs is 1. The molecule has 0 radical (unpaired) electrons. The van der Waals surface area contributed by atoms with E-state index < -0.39 is 24.5 Å². The minimum Gasteiger partial charge on any atom is -0.482 e. The molecule has 182 valence electrons. The van der Waals surface area contributed by atoms with Gasteiger partial charge < -0.3 is 9.47 Å². The summed E-state index contributed by atoms with van der Waals surface area (Å²) >= 11 is 0. The number of nitriles is 1. The van der Waals surface area contributed by atoms with E-state index >= 15 is 0 Å². The first kappa shape index (κ1) is 25.6. The molecule has 0 aliphatic heterocycles. The normalized spacial score (nSPS) is 11.6. The monoisotopic (exact) mass is 483 g/mol. The van der Waals surface area contributed by atoms with E-state index in [2.05, 4.69) is 11.6 Å². The number of amides is 1. The standard InChI is InChI=1S/C26H24F3N3O3/c1-17(14-30)15-32(24(33)35-25(2,3)4)23-20-13-19(21-7-5-6-12-31-21)9-8-18(20)10-11-22(23)34-16-26(27,28)29/h5-13H,1,15-16H2,2-4H3. The third-order valence-corrected chi connectivity index (χ3v) is 4.70. The molecule has 0 spiro atoms. The van der Waals surface area contributed by atoms with Crippen molar-refractivity contribution in [3.63, 3.8) is 0 Å². The van der Waals surface area contributed by atoms with Crippen molar-refractivity contribution in [3.05, 3.63) is 66.9 Å². The number of pyridine rings is 1. The summed E-state index contributed by atoms with van der Waals surface area (Å²) in [4.78, 5) is 18.6. The van der Waals surface area contributed by atoms with Gasteiger partial charge in [0.2, 0.25) is 0 Å². The zero-order valence-electron chi connectivity index (χ0n) is 19.5. The van der Waals surface area contributed by atoms with E-state index in [9.17, 15) is 23.2 Å². The van der Waals surface area contributed by atoms with Gasteiger partial charge >= 0.3 is 12.3 Å². The molecule has 0 bridgehead atoms. The molecule has 1 aromatic heterocycles. The number of halogens is 3. The van der Waals surface area contributed by atoms with Gasteiger partial charge in [0.05, 0.1) is 24.0 Å². The minimum absolute atomic E-state index is 0.00974. The summed E-state index contributed by atoms with van der Waals surface area (Å²) in [7, 11) is 0. The number of benzene rings is 2. The van der Waals surface area contributed by atoms with E-state index in [1.807, 2.05) is 12.1 Å². The number of carbonyl (C=O) groups is 1. The van der Waals surface area contributed by atoms with Crippen LogP contribution < -0.4 is 9.64 Å². The zero-order chi connectivity index (χ0) is 25.8. The van der Waals surface area contributed by atoms with Crippen molar-refractivity contribution < 1.29 is 27.4 Å². The zero-order valence-corrected chi connectivity index (χ0v) is 19.5. The average Bonchev–Trinajstić information content (AvgIpc) is 2.79. The first-order valence-corrected chi connectivity index (χ1v) is 10.6.